The first-order valence-corrected chi connectivity index (χ1v) is 18.5. The molecule has 0 atom stereocenters. The highest BCUT2D eigenvalue weighted by Gasteiger charge is 2.26. The predicted octanol–water partition coefficient (Wildman–Crippen LogP) is 14.1. The fourth-order valence-corrected chi connectivity index (χ4v) is 9.42. The second-order valence-corrected chi connectivity index (χ2v) is 14.5. The number of hydrogen-bond donors (Lipinski definition) is 0. The molecule has 0 unspecified atom stereocenters. The van der Waals surface area contributed by atoms with Gasteiger partial charge >= 0.3 is 0 Å². The van der Waals surface area contributed by atoms with Crippen LogP contribution in [0.15, 0.2) is 183 Å². The predicted molar refractivity (Wildman–Crippen MR) is 229 cm³/mol. The number of rotatable bonds is 4. The largest absolute Gasteiger partial charge is 0.265 e. The maximum absolute atomic E-state index is 4.46. The Bertz CT molecular complexity index is 3190. The number of pyridine rings is 2. The Hall–Kier alpha value is -7.16. The second kappa shape index (κ2) is 11.2. The first-order chi connectivity index (χ1) is 26.8. The number of nitrogens with zero attached hydrogens (tertiary/aromatic N) is 2. The Morgan fingerprint density at radius 3 is 1.11 bits per heavy atom. The summed E-state index contributed by atoms with van der Waals surface area (Å²) in [5.41, 5.74) is 9.75. The molecule has 0 fully saturated rings. The third kappa shape index (κ3) is 4.11. The van der Waals surface area contributed by atoms with E-state index in [1.54, 1.807) is 0 Å². The lowest BCUT2D eigenvalue weighted by Crippen LogP contribution is -1.98. The third-order valence-corrected chi connectivity index (χ3v) is 11.7. The van der Waals surface area contributed by atoms with E-state index in [4.69, 9.17) is 0 Å². The summed E-state index contributed by atoms with van der Waals surface area (Å²) in [4.78, 5) is 8.91. The Kier molecular flexibility index (Phi) is 6.09. The molecule has 2 heterocycles. The minimum absolute atomic E-state index is 1.17. The Morgan fingerprint density at radius 1 is 0.259 bits per heavy atom. The first-order valence-electron chi connectivity index (χ1n) is 18.5. The van der Waals surface area contributed by atoms with Crippen molar-refractivity contribution in [2.75, 3.05) is 0 Å². The zero-order valence-corrected chi connectivity index (χ0v) is 29.2. The van der Waals surface area contributed by atoms with Crippen LogP contribution in [0.5, 0.6) is 0 Å². The normalized spacial score (nSPS) is 12.1. The van der Waals surface area contributed by atoms with Crippen molar-refractivity contribution >= 4 is 75.4 Å². The van der Waals surface area contributed by atoms with Gasteiger partial charge in [0.1, 0.15) is 0 Å². The lowest BCUT2D eigenvalue weighted by molar-refractivity contribution is 1.33. The van der Waals surface area contributed by atoms with E-state index >= 15 is 0 Å². The van der Waals surface area contributed by atoms with E-state index in [0.717, 1.165) is 0 Å². The topological polar surface area (TPSA) is 25.8 Å². The van der Waals surface area contributed by atoms with Crippen LogP contribution in [-0.2, 0) is 0 Å². The molecule has 0 aliphatic rings. The van der Waals surface area contributed by atoms with Gasteiger partial charge in [0, 0.05) is 24.8 Å². The molecule has 2 aromatic heterocycles. The van der Waals surface area contributed by atoms with E-state index in [-0.39, 0.29) is 0 Å². The van der Waals surface area contributed by atoms with Crippen molar-refractivity contribution in [1.29, 1.82) is 0 Å². The van der Waals surface area contributed by atoms with Gasteiger partial charge in [-0.05, 0) is 168 Å². The van der Waals surface area contributed by atoms with E-state index < -0.39 is 0 Å². The smallest absolute Gasteiger partial charge is 0.0273 e. The average Bonchev–Trinajstić information content (AvgIpc) is 3.24. The molecule has 0 amide bonds. The summed E-state index contributed by atoms with van der Waals surface area (Å²) in [6.45, 7) is 0. The molecule has 0 aliphatic carbocycles. The van der Waals surface area contributed by atoms with Crippen LogP contribution < -0.4 is 0 Å². The summed E-state index contributed by atoms with van der Waals surface area (Å²) >= 11 is 0. The average molecular weight is 683 g/mol. The lowest BCUT2D eigenvalue weighted by Gasteiger charge is -2.26. The van der Waals surface area contributed by atoms with E-state index in [1.165, 1.54) is 120 Å². The first kappa shape index (κ1) is 29.4. The number of fused-ring (bicyclic) bond motifs is 2. The van der Waals surface area contributed by atoms with Crippen LogP contribution in [0, 0.1) is 0 Å². The van der Waals surface area contributed by atoms with Gasteiger partial charge in [0.25, 0.3) is 0 Å². The van der Waals surface area contributed by atoms with Crippen LogP contribution in [0.3, 0.4) is 0 Å². The molecule has 2 nitrogen and oxygen atoms in total. The number of aromatic nitrogens is 2. The molecule has 0 saturated carbocycles. The molecule has 0 radical (unpaired) electrons. The molecule has 10 aromatic carbocycles. The van der Waals surface area contributed by atoms with Crippen molar-refractivity contribution in [3.05, 3.63) is 183 Å². The van der Waals surface area contributed by atoms with Crippen molar-refractivity contribution in [2.24, 2.45) is 0 Å². The van der Waals surface area contributed by atoms with E-state index in [9.17, 15) is 0 Å². The Balaban J connectivity index is 1.34. The molecule has 0 aliphatic heterocycles. The summed E-state index contributed by atoms with van der Waals surface area (Å²) in [5, 5.41) is 17.8. The maximum Gasteiger partial charge on any atom is 0.0273 e. The number of hydrogen-bond acceptors (Lipinski definition) is 2. The van der Waals surface area contributed by atoms with E-state index in [1.807, 2.05) is 24.8 Å². The fourth-order valence-electron chi connectivity index (χ4n) is 9.42. The zero-order chi connectivity index (χ0) is 35.3. The van der Waals surface area contributed by atoms with Gasteiger partial charge in [0.15, 0.2) is 0 Å². The molecule has 2 heteroatoms. The lowest BCUT2D eigenvalue weighted by atomic mass is 9.77. The van der Waals surface area contributed by atoms with Gasteiger partial charge in [-0.2, -0.15) is 0 Å². The summed E-state index contributed by atoms with van der Waals surface area (Å²) < 4.78 is 0. The van der Waals surface area contributed by atoms with Crippen molar-refractivity contribution in [2.45, 2.75) is 0 Å². The Morgan fingerprint density at radius 2 is 0.667 bits per heavy atom. The van der Waals surface area contributed by atoms with Crippen molar-refractivity contribution in [3.8, 4) is 44.5 Å². The SMILES string of the molecule is c1ccc2cc(-c3cc4c(-c5ccncc5)c5cccc6c(-c7ccc8ccccc8c7)cc7c(-c8ccncc8)c8cccc3c8c4c7c65)ccc2c1. The molecule has 0 spiro atoms. The minimum atomic E-state index is 1.17. The maximum atomic E-state index is 4.46. The van der Waals surface area contributed by atoms with Crippen LogP contribution in [-0.4, -0.2) is 9.97 Å². The zero-order valence-electron chi connectivity index (χ0n) is 29.2. The Labute approximate surface area is 311 Å². The monoisotopic (exact) mass is 682 g/mol. The van der Waals surface area contributed by atoms with Crippen LogP contribution in [0.4, 0.5) is 0 Å². The fraction of sp³-hybridized carbons (Fsp3) is 0. The summed E-state index contributed by atoms with van der Waals surface area (Å²) in [6, 6.07) is 58.5. The molecule has 12 rings (SSSR count). The van der Waals surface area contributed by atoms with Gasteiger partial charge < -0.3 is 0 Å². The molecule has 0 bridgehead atoms. The van der Waals surface area contributed by atoms with Crippen LogP contribution in [0.2, 0.25) is 0 Å². The third-order valence-electron chi connectivity index (χ3n) is 11.7. The molecule has 12 aromatic rings. The van der Waals surface area contributed by atoms with E-state index in [2.05, 4.69) is 168 Å². The van der Waals surface area contributed by atoms with Crippen molar-refractivity contribution in [1.82, 2.24) is 9.97 Å². The highest BCUT2D eigenvalue weighted by Crippen LogP contribution is 2.54. The van der Waals surface area contributed by atoms with Gasteiger partial charge in [-0.25, -0.2) is 0 Å². The highest BCUT2D eigenvalue weighted by molar-refractivity contribution is 6.44. The van der Waals surface area contributed by atoms with Gasteiger partial charge in [0.2, 0.25) is 0 Å². The number of benzene rings is 10. The van der Waals surface area contributed by atoms with Gasteiger partial charge in [-0.1, -0.05) is 109 Å². The van der Waals surface area contributed by atoms with Crippen LogP contribution in [0.1, 0.15) is 0 Å². The van der Waals surface area contributed by atoms with Crippen molar-refractivity contribution < 1.29 is 0 Å². The molecule has 248 valence electrons. The van der Waals surface area contributed by atoms with Crippen LogP contribution in [0.25, 0.3) is 120 Å². The standard InChI is InChI=1S/C52H30N2/c1-3-9-35-27-37(17-15-31(35)7-1)43-29-45-47(33-19-23-53-24-20-33)42-14-6-12-40-44(38-18-16-32-8-2-4-10-36(32)28-38)30-46-48(34-21-25-54-26-22-34)41-13-5-11-39(43)49(41)51(45)52(46)50(40)42/h1-30H. The van der Waals surface area contributed by atoms with Gasteiger partial charge in [0.05, 0.1) is 0 Å². The molecule has 0 saturated heterocycles. The van der Waals surface area contributed by atoms with Gasteiger partial charge in [-0.3, -0.25) is 9.97 Å². The molecule has 54 heavy (non-hydrogen) atoms. The molecular weight excluding hydrogens is 653 g/mol. The molecular formula is C52H30N2. The minimum Gasteiger partial charge on any atom is -0.265 e. The summed E-state index contributed by atoms with van der Waals surface area (Å²) in [6.07, 6.45) is 7.69. The van der Waals surface area contributed by atoms with Crippen molar-refractivity contribution in [3.63, 3.8) is 0 Å². The van der Waals surface area contributed by atoms with E-state index in [0.29, 0.717) is 0 Å². The quantitative estimate of drug-likeness (QED) is 0.136. The van der Waals surface area contributed by atoms with Gasteiger partial charge in [-0.15, -0.1) is 0 Å². The second-order valence-electron chi connectivity index (χ2n) is 14.5. The van der Waals surface area contributed by atoms with Crippen LogP contribution >= 0.6 is 0 Å². The summed E-state index contributed by atoms with van der Waals surface area (Å²) in [5.74, 6) is 0. The molecule has 0 N–H and O–H groups in total. The summed E-state index contributed by atoms with van der Waals surface area (Å²) in [7, 11) is 0. The highest BCUT2D eigenvalue weighted by atomic mass is 14.6.